The molecule has 2 aromatic carbocycles. The topological polar surface area (TPSA) is 47.6 Å². The monoisotopic (exact) mass is 325 g/mol. The number of carbonyl (C=O) groups is 1. The van der Waals surface area contributed by atoms with Crippen molar-refractivity contribution in [1.82, 2.24) is 0 Å². The van der Waals surface area contributed by atoms with Crippen LogP contribution < -0.4 is 14.8 Å². The Morgan fingerprint density at radius 1 is 1.04 bits per heavy atom. The molecule has 4 nitrogen and oxygen atoms in total. The van der Waals surface area contributed by atoms with Crippen molar-refractivity contribution in [2.24, 2.45) is 0 Å². The summed E-state index contributed by atoms with van der Waals surface area (Å²) < 4.78 is 11.2. The molecule has 0 aliphatic heterocycles. The molecule has 2 aromatic rings. The van der Waals surface area contributed by atoms with Crippen LogP contribution in [-0.4, -0.2) is 19.1 Å². The number of para-hydroxylation sites is 2. The van der Waals surface area contributed by atoms with Gasteiger partial charge >= 0.3 is 0 Å². The number of amides is 1. The highest BCUT2D eigenvalue weighted by Gasteiger charge is 2.09. The number of carbonyl (C=O) groups excluding carboxylic acids is 1. The van der Waals surface area contributed by atoms with Gasteiger partial charge in [0.25, 0.3) is 5.91 Å². The van der Waals surface area contributed by atoms with Crippen molar-refractivity contribution in [3.05, 3.63) is 65.7 Å². The molecule has 1 N–H and O–H groups in total. The van der Waals surface area contributed by atoms with Crippen LogP contribution >= 0.6 is 0 Å². The summed E-state index contributed by atoms with van der Waals surface area (Å²) >= 11 is 0. The Bertz CT molecular complexity index is 737. The highest BCUT2D eigenvalue weighted by molar-refractivity contribution is 5.93. The molecule has 0 aliphatic rings. The van der Waals surface area contributed by atoms with E-state index in [4.69, 9.17) is 9.47 Å². The quantitative estimate of drug-likeness (QED) is 0.773. The van der Waals surface area contributed by atoms with Gasteiger partial charge in [-0.1, -0.05) is 36.4 Å². The highest BCUT2D eigenvalue weighted by Crippen LogP contribution is 2.24. The van der Waals surface area contributed by atoms with Crippen molar-refractivity contribution in [3.63, 3.8) is 0 Å². The predicted octanol–water partition coefficient (Wildman–Crippen LogP) is 4.28. The largest absolute Gasteiger partial charge is 0.487 e. The van der Waals surface area contributed by atoms with E-state index in [9.17, 15) is 4.79 Å². The molecule has 0 unspecified atom stereocenters. The van der Waals surface area contributed by atoms with E-state index >= 15 is 0 Å². The average molecular weight is 325 g/mol. The molecule has 24 heavy (non-hydrogen) atoms. The molecule has 0 atom stereocenters. The smallest absolute Gasteiger partial charge is 0.262 e. The Kier molecular flexibility index (Phi) is 6.01. The lowest BCUT2D eigenvalue weighted by molar-refractivity contribution is -0.118. The van der Waals surface area contributed by atoms with Crippen molar-refractivity contribution < 1.29 is 14.3 Å². The summed E-state index contributed by atoms with van der Waals surface area (Å²) in [7, 11) is 0. The number of hydrogen-bond donors (Lipinski definition) is 1. The lowest BCUT2D eigenvalue weighted by Gasteiger charge is -2.13. The van der Waals surface area contributed by atoms with E-state index in [2.05, 4.69) is 11.9 Å². The van der Waals surface area contributed by atoms with Crippen molar-refractivity contribution in [2.45, 2.75) is 20.8 Å². The normalized spacial score (nSPS) is 10.1. The maximum Gasteiger partial charge on any atom is 0.262 e. The molecule has 0 fully saturated rings. The number of rotatable bonds is 7. The zero-order valence-corrected chi connectivity index (χ0v) is 14.4. The fourth-order valence-electron chi connectivity index (χ4n) is 2.19. The summed E-state index contributed by atoms with van der Waals surface area (Å²) in [5.41, 5.74) is 3.70. The molecule has 0 saturated carbocycles. The second-order valence-corrected chi connectivity index (χ2v) is 5.85. The Labute approximate surface area is 143 Å². The molecular formula is C20H23NO3. The van der Waals surface area contributed by atoms with Crippen molar-refractivity contribution >= 4 is 11.6 Å². The number of anilines is 1. The SMILES string of the molecule is C=C(C)COc1ccccc1NC(=O)COc1ccc(C)cc1C. The standard InChI is InChI=1S/C20H23NO3/c1-14(2)12-23-19-8-6-5-7-17(19)21-20(22)13-24-18-10-9-15(3)11-16(18)4/h5-11H,1,12-13H2,2-4H3,(H,21,22). The summed E-state index contributed by atoms with van der Waals surface area (Å²) in [6.45, 7) is 10.0. The Hall–Kier alpha value is -2.75. The third-order valence-corrected chi connectivity index (χ3v) is 3.32. The molecule has 126 valence electrons. The summed E-state index contributed by atoms with van der Waals surface area (Å²) in [5.74, 6) is 1.09. The van der Waals surface area contributed by atoms with E-state index in [1.807, 2.05) is 57.2 Å². The van der Waals surface area contributed by atoms with E-state index in [1.54, 1.807) is 6.07 Å². The summed E-state index contributed by atoms with van der Waals surface area (Å²) in [6, 6.07) is 13.2. The fourth-order valence-corrected chi connectivity index (χ4v) is 2.19. The molecule has 0 heterocycles. The average Bonchev–Trinajstić information content (AvgIpc) is 2.53. The lowest BCUT2D eigenvalue weighted by Crippen LogP contribution is -2.21. The van der Waals surface area contributed by atoms with Gasteiger partial charge in [-0.25, -0.2) is 0 Å². The Morgan fingerprint density at radius 2 is 1.75 bits per heavy atom. The summed E-state index contributed by atoms with van der Waals surface area (Å²) in [4.78, 5) is 12.1. The number of aryl methyl sites for hydroxylation is 2. The first kappa shape index (κ1) is 17.6. The van der Waals surface area contributed by atoms with Crippen LogP contribution in [0.4, 0.5) is 5.69 Å². The maximum atomic E-state index is 12.1. The Morgan fingerprint density at radius 3 is 2.46 bits per heavy atom. The van der Waals surface area contributed by atoms with Gasteiger partial charge in [0.05, 0.1) is 5.69 Å². The maximum absolute atomic E-state index is 12.1. The second-order valence-electron chi connectivity index (χ2n) is 5.85. The van der Waals surface area contributed by atoms with Crippen LogP contribution in [0.15, 0.2) is 54.6 Å². The third kappa shape index (κ3) is 5.16. The third-order valence-electron chi connectivity index (χ3n) is 3.32. The molecule has 2 rings (SSSR count). The molecule has 0 bridgehead atoms. The Balaban J connectivity index is 1.96. The first-order valence-electron chi connectivity index (χ1n) is 7.82. The van der Waals surface area contributed by atoms with Crippen molar-refractivity contribution in [2.75, 3.05) is 18.5 Å². The molecule has 0 spiro atoms. The van der Waals surface area contributed by atoms with Gasteiger partial charge in [0.1, 0.15) is 18.1 Å². The number of nitrogens with one attached hydrogen (secondary N) is 1. The van der Waals surface area contributed by atoms with Crippen LogP contribution in [0.2, 0.25) is 0 Å². The summed E-state index contributed by atoms with van der Waals surface area (Å²) in [5, 5.41) is 2.82. The molecule has 1 amide bonds. The van der Waals surface area contributed by atoms with E-state index in [0.717, 1.165) is 16.7 Å². The minimum atomic E-state index is -0.235. The number of ether oxygens (including phenoxy) is 2. The molecule has 4 heteroatoms. The lowest BCUT2D eigenvalue weighted by atomic mass is 10.1. The fraction of sp³-hybridized carbons (Fsp3) is 0.250. The first-order chi connectivity index (χ1) is 11.5. The molecular weight excluding hydrogens is 302 g/mol. The van der Waals surface area contributed by atoms with E-state index < -0.39 is 0 Å². The minimum absolute atomic E-state index is 0.0568. The van der Waals surface area contributed by atoms with Crippen molar-refractivity contribution in [3.8, 4) is 11.5 Å². The van der Waals surface area contributed by atoms with Crippen LogP contribution in [0.1, 0.15) is 18.1 Å². The second kappa shape index (κ2) is 8.20. The van der Waals surface area contributed by atoms with Crippen LogP contribution in [0.3, 0.4) is 0 Å². The predicted molar refractivity (Wildman–Crippen MR) is 96.8 cm³/mol. The van der Waals surface area contributed by atoms with Gasteiger partial charge in [-0.2, -0.15) is 0 Å². The van der Waals surface area contributed by atoms with Gasteiger partial charge in [-0.3, -0.25) is 4.79 Å². The number of benzene rings is 2. The molecule has 0 aliphatic carbocycles. The zero-order chi connectivity index (χ0) is 17.5. The van der Waals surface area contributed by atoms with E-state index in [0.29, 0.717) is 23.8 Å². The van der Waals surface area contributed by atoms with Crippen LogP contribution in [-0.2, 0) is 4.79 Å². The van der Waals surface area contributed by atoms with Gasteiger partial charge in [-0.15, -0.1) is 0 Å². The van der Waals surface area contributed by atoms with E-state index in [-0.39, 0.29) is 12.5 Å². The van der Waals surface area contributed by atoms with Gasteiger partial charge in [0.15, 0.2) is 6.61 Å². The highest BCUT2D eigenvalue weighted by atomic mass is 16.5. The molecule has 0 saturated heterocycles. The van der Waals surface area contributed by atoms with Gasteiger partial charge in [0, 0.05) is 0 Å². The van der Waals surface area contributed by atoms with Gasteiger partial charge < -0.3 is 14.8 Å². The van der Waals surface area contributed by atoms with Crippen LogP contribution in [0, 0.1) is 13.8 Å². The van der Waals surface area contributed by atoms with Gasteiger partial charge in [0.2, 0.25) is 0 Å². The summed E-state index contributed by atoms with van der Waals surface area (Å²) in [6.07, 6.45) is 0. The van der Waals surface area contributed by atoms with E-state index in [1.165, 1.54) is 0 Å². The number of hydrogen-bond acceptors (Lipinski definition) is 3. The van der Waals surface area contributed by atoms with Crippen molar-refractivity contribution in [1.29, 1.82) is 0 Å². The first-order valence-corrected chi connectivity index (χ1v) is 7.82. The minimum Gasteiger partial charge on any atom is -0.487 e. The molecule has 0 radical (unpaired) electrons. The van der Waals surface area contributed by atoms with Gasteiger partial charge in [-0.05, 0) is 50.1 Å². The van der Waals surface area contributed by atoms with Crippen LogP contribution in [0.25, 0.3) is 0 Å². The van der Waals surface area contributed by atoms with Crippen LogP contribution in [0.5, 0.6) is 11.5 Å². The molecule has 0 aromatic heterocycles. The zero-order valence-electron chi connectivity index (χ0n) is 14.4.